The van der Waals surface area contributed by atoms with Gasteiger partial charge >= 0.3 is 0 Å². The molecule has 0 aliphatic heterocycles. The molecule has 0 radical (unpaired) electrons. The van der Waals surface area contributed by atoms with Gasteiger partial charge in [-0.15, -0.1) is 0 Å². The van der Waals surface area contributed by atoms with Gasteiger partial charge in [-0.3, -0.25) is 0 Å². The number of benzene rings is 2. The molecular formula is C22H27ClN2OS. The van der Waals surface area contributed by atoms with Crippen molar-refractivity contribution in [2.45, 2.75) is 26.2 Å². The van der Waals surface area contributed by atoms with Gasteiger partial charge in [-0.05, 0) is 67.6 Å². The highest BCUT2D eigenvalue weighted by Gasteiger charge is 2.09. The van der Waals surface area contributed by atoms with Crippen LogP contribution < -0.4 is 0 Å². The van der Waals surface area contributed by atoms with Gasteiger partial charge in [-0.1, -0.05) is 42.8 Å². The molecule has 0 spiro atoms. The van der Waals surface area contributed by atoms with E-state index in [4.69, 9.17) is 16.3 Å². The van der Waals surface area contributed by atoms with Gasteiger partial charge in [0.1, 0.15) is 0 Å². The third-order valence-corrected chi connectivity index (χ3v) is 5.96. The lowest BCUT2D eigenvalue weighted by atomic mass is 10.0. The third-order valence-electron chi connectivity index (χ3n) is 4.90. The van der Waals surface area contributed by atoms with Gasteiger partial charge in [0.05, 0.1) is 17.0 Å². The zero-order valence-electron chi connectivity index (χ0n) is 16.1. The number of hydrogen-bond donors (Lipinski definition) is 0. The summed E-state index contributed by atoms with van der Waals surface area (Å²) in [5.74, 6) is 0. The number of aryl methyl sites for hydroxylation is 1. The van der Waals surface area contributed by atoms with E-state index in [9.17, 15) is 0 Å². The van der Waals surface area contributed by atoms with Crippen LogP contribution in [-0.4, -0.2) is 42.6 Å². The second-order valence-electron chi connectivity index (χ2n) is 6.75. The fourth-order valence-corrected chi connectivity index (χ4v) is 4.25. The van der Waals surface area contributed by atoms with Gasteiger partial charge in [0, 0.05) is 29.6 Å². The second-order valence-corrected chi connectivity index (χ2v) is 7.99. The Labute approximate surface area is 171 Å². The van der Waals surface area contributed by atoms with E-state index in [1.807, 2.05) is 24.3 Å². The van der Waals surface area contributed by atoms with E-state index in [-0.39, 0.29) is 0 Å². The molecule has 144 valence electrons. The summed E-state index contributed by atoms with van der Waals surface area (Å²) in [6, 6.07) is 14.7. The van der Waals surface area contributed by atoms with Crippen LogP contribution in [0.3, 0.4) is 0 Å². The first-order chi connectivity index (χ1) is 13.2. The molecule has 2 aromatic carbocycles. The van der Waals surface area contributed by atoms with E-state index < -0.39 is 0 Å². The van der Waals surface area contributed by atoms with Crippen LogP contribution in [0.4, 0.5) is 0 Å². The lowest BCUT2D eigenvalue weighted by Gasteiger charge is -2.19. The normalized spacial score (nSPS) is 11.6. The summed E-state index contributed by atoms with van der Waals surface area (Å²) < 4.78 is 11.1. The molecule has 0 aliphatic rings. The first kappa shape index (κ1) is 20.3. The molecule has 5 heteroatoms. The summed E-state index contributed by atoms with van der Waals surface area (Å²) in [4.78, 5) is 2.45. The average molecular weight is 403 g/mol. The standard InChI is InChI=1S/C22H27ClN2OS/c1-3-25(14-15-26-2)13-5-4-6-17-7-12-20-21(16-17)27-24-22(20)18-8-10-19(23)11-9-18/h7-12,16H,3-6,13-15H2,1-2H3. The molecule has 0 aliphatic carbocycles. The smallest absolute Gasteiger partial charge is 0.0919 e. The number of aromatic nitrogens is 1. The van der Waals surface area contributed by atoms with Crippen molar-refractivity contribution in [1.82, 2.24) is 9.27 Å². The fraction of sp³-hybridized carbons (Fsp3) is 0.409. The minimum atomic E-state index is 0.754. The zero-order valence-corrected chi connectivity index (χ0v) is 17.7. The molecule has 1 heterocycles. The Morgan fingerprint density at radius 2 is 1.89 bits per heavy atom. The van der Waals surface area contributed by atoms with Crippen molar-refractivity contribution in [2.75, 3.05) is 33.4 Å². The Hall–Kier alpha value is -1.46. The number of hydrogen-bond acceptors (Lipinski definition) is 4. The quantitative estimate of drug-likeness (QED) is 0.394. The Bertz CT molecular complexity index is 847. The maximum atomic E-state index is 6.00. The number of unbranched alkanes of at least 4 members (excludes halogenated alkanes) is 1. The summed E-state index contributed by atoms with van der Waals surface area (Å²) in [6.07, 6.45) is 3.54. The molecule has 0 N–H and O–H groups in total. The molecule has 3 rings (SSSR count). The minimum Gasteiger partial charge on any atom is -0.383 e. The van der Waals surface area contributed by atoms with E-state index in [0.29, 0.717) is 0 Å². The summed E-state index contributed by atoms with van der Waals surface area (Å²) in [7, 11) is 1.77. The molecule has 0 atom stereocenters. The van der Waals surface area contributed by atoms with Gasteiger partial charge in [-0.2, -0.15) is 4.37 Å². The van der Waals surface area contributed by atoms with Crippen molar-refractivity contribution in [1.29, 1.82) is 0 Å². The largest absolute Gasteiger partial charge is 0.383 e. The summed E-state index contributed by atoms with van der Waals surface area (Å²) in [5, 5.41) is 1.98. The molecule has 0 unspecified atom stereocenters. The van der Waals surface area contributed by atoms with E-state index in [1.54, 1.807) is 18.6 Å². The predicted octanol–water partition coefficient (Wildman–Crippen LogP) is 5.91. The third kappa shape index (κ3) is 5.52. The molecule has 0 saturated carbocycles. The van der Waals surface area contributed by atoms with Crippen molar-refractivity contribution in [3.63, 3.8) is 0 Å². The molecule has 0 amide bonds. The maximum Gasteiger partial charge on any atom is 0.0919 e. The predicted molar refractivity (Wildman–Crippen MR) is 117 cm³/mol. The number of fused-ring (bicyclic) bond motifs is 1. The number of methoxy groups -OCH3 is 1. The van der Waals surface area contributed by atoms with Crippen molar-refractivity contribution < 1.29 is 4.74 Å². The average Bonchev–Trinajstić information content (AvgIpc) is 3.11. The Morgan fingerprint density at radius 1 is 1.07 bits per heavy atom. The lowest BCUT2D eigenvalue weighted by Crippen LogP contribution is -2.28. The van der Waals surface area contributed by atoms with Crippen LogP contribution in [0.2, 0.25) is 5.02 Å². The summed E-state index contributed by atoms with van der Waals surface area (Å²) in [5.41, 5.74) is 3.57. The molecule has 0 bridgehead atoms. The summed E-state index contributed by atoms with van der Waals surface area (Å²) in [6.45, 7) is 6.28. The first-order valence-corrected chi connectivity index (χ1v) is 10.7. The highest BCUT2D eigenvalue weighted by Crippen LogP contribution is 2.32. The van der Waals surface area contributed by atoms with Gasteiger partial charge in [0.2, 0.25) is 0 Å². The molecule has 3 aromatic rings. The molecule has 0 fully saturated rings. The van der Waals surface area contributed by atoms with Gasteiger partial charge in [0.25, 0.3) is 0 Å². The molecule has 1 aromatic heterocycles. The Kier molecular flexibility index (Phi) is 7.65. The SMILES string of the molecule is CCN(CCCCc1ccc2c(-c3ccc(Cl)cc3)nsc2c1)CCOC. The van der Waals surface area contributed by atoms with Crippen LogP contribution in [-0.2, 0) is 11.2 Å². The van der Waals surface area contributed by atoms with Crippen LogP contribution in [0.25, 0.3) is 21.3 Å². The zero-order chi connectivity index (χ0) is 19.1. The number of ether oxygens (including phenoxy) is 1. The highest BCUT2D eigenvalue weighted by atomic mass is 35.5. The topological polar surface area (TPSA) is 25.4 Å². The van der Waals surface area contributed by atoms with Gasteiger partial charge < -0.3 is 9.64 Å². The Morgan fingerprint density at radius 3 is 2.63 bits per heavy atom. The molecule has 3 nitrogen and oxygen atoms in total. The van der Waals surface area contributed by atoms with E-state index in [2.05, 4.69) is 34.4 Å². The van der Waals surface area contributed by atoms with Crippen LogP contribution >= 0.6 is 23.1 Å². The first-order valence-electron chi connectivity index (χ1n) is 9.56. The van der Waals surface area contributed by atoms with Crippen molar-refractivity contribution in [3.05, 3.63) is 53.1 Å². The maximum absolute atomic E-state index is 6.00. The number of nitrogens with zero attached hydrogens (tertiary/aromatic N) is 2. The van der Waals surface area contributed by atoms with Crippen molar-refractivity contribution in [2.24, 2.45) is 0 Å². The van der Waals surface area contributed by atoms with Crippen LogP contribution in [0.5, 0.6) is 0 Å². The van der Waals surface area contributed by atoms with E-state index in [0.717, 1.165) is 48.9 Å². The highest BCUT2D eigenvalue weighted by molar-refractivity contribution is 7.13. The molecule has 27 heavy (non-hydrogen) atoms. The van der Waals surface area contributed by atoms with Gasteiger partial charge in [0.15, 0.2) is 0 Å². The Balaban J connectivity index is 1.58. The molecule has 0 saturated heterocycles. The van der Waals surface area contributed by atoms with E-state index >= 15 is 0 Å². The number of rotatable bonds is 10. The van der Waals surface area contributed by atoms with Crippen LogP contribution in [0.15, 0.2) is 42.5 Å². The van der Waals surface area contributed by atoms with Crippen LogP contribution in [0, 0.1) is 0 Å². The van der Waals surface area contributed by atoms with Gasteiger partial charge in [-0.25, -0.2) is 0 Å². The lowest BCUT2D eigenvalue weighted by molar-refractivity contribution is 0.150. The van der Waals surface area contributed by atoms with Crippen LogP contribution in [0.1, 0.15) is 25.3 Å². The van der Waals surface area contributed by atoms with Crippen molar-refractivity contribution >= 4 is 33.2 Å². The molecular weight excluding hydrogens is 376 g/mol. The number of halogens is 1. The number of likely N-dealkylation sites (N-methyl/N-ethyl adjacent to an activating group) is 1. The summed E-state index contributed by atoms with van der Waals surface area (Å²) >= 11 is 7.58. The second kappa shape index (κ2) is 10.2. The minimum absolute atomic E-state index is 0.754. The fourth-order valence-electron chi connectivity index (χ4n) is 3.27. The van der Waals surface area contributed by atoms with E-state index in [1.165, 1.54) is 28.5 Å². The monoisotopic (exact) mass is 402 g/mol. The van der Waals surface area contributed by atoms with Crippen molar-refractivity contribution in [3.8, 4) is 11.3 Å².